The van der Waals surface area contributed by atoms with Crippen LogP contribution in [0, 0.1) is 10.1 Å². The van der Waals surface area contributed by atoms with Crippen LogP contribution in [-0.4, -0.2) is 30.0 Å². The molecule has 0 aliphatic heterocycles. The molecule has 0 spiro atoms. The Balaban J connectivity index is 1.77. The average molecular weight is 286 g/mol. The third-order valence-corrected chi connectivity index (χ3v) is 3.13. The molecule has 1 aromatic carbocycles. The molecular formula is C15H18N4O2. The average Bonchev–Trinajstić information content (AvgIpc) is 2.52. The zero-order valence-electron chi connectivity index (χ0n) is 11.9. The van der Waals surface area contributed by atoms with Crippen molar-refractivity contribution in [1.29, 1.82) is 0 Å². The van der Waals surface area contributed by atoms with Crippen LogP contribution in [0.25, 0.3) is 0 Å². The molecule has 2 aromatic rings. The summed E-state index contributed by atoms with van der Waals surface area (Å²) in [6.07, 6.45) is 2.35. The van der Waals surface area contributed by atoms with Gasteiger partial charge in [-0.2, -0.15) is 0 Å². The highest BCUT2D eigenvalue weighted by Crippen LogP contribution is 2.14. The maximum absolute atomic E-state index is 10.7. The molecule has 0 saturated heterocycles. The Labute approximate surface area is 123 Å². The summed E-state index contributed by atoms with van der Waals surface area (Å²) in [6.45, 7) is 1.61. The Hall–Kier alpha value is -2.63. The van der Waals surface area contributed by atoms with Crippen LogP contribution in [0.3, 0.4) is 0 Å². The van der Waals surface area contributed by atoms with Crippen LogP contribution >= 0.6 is 0 Å². The van der Waals surface area contributed by atoms with E-state index in [1.165, 1.54) is 24.0 Å². The van der Waals surface area contributed by atoms with E-state index in [1.54, 1.807) is 0 Å². The van der Waals surface area contributed by atoms with E-state index in [2.05, 4.69) is 27.3 Å². The Kier molecular flexibility index (Phi) is 5.09. The van der Waals surface area contributed by atoms with Gasteiger partial charge >= 0.3 is 0 Å². The number of para-hydroxylation sites is 1. The number of anilines is 2. The van der Waals surface area contributed by atoms with Crippen LogP contribution in [0.2, 0.25) is 0 Å². The lowest BCUT2D eigenvalue weighted by molar-refractivity contribution is -0.384. The van der Waals surface area contributed by atoms with Gasteiger partial charge in [0, 0.05) is 38.1 Å². The van der Waals surface area contributed by atoms with Crippen LogP contribution in [-0.2, 0) is 0 Å². The molecule has 0 unspecified atom stereocenters. The summed E-state index contributed by atoms with van der Waals surface area (Å²) in [4.78, 5) is 16.5. The van der Waals surface area contributed by atoms with E-state index < -0.39 is 4.92 Å². The number of nitrogens with one attached hydrogen (secondary N) is 1. The van der Waals surface area contributed by atoms with Gasteiger partial charge < -0.3 is 10.2 Å². The summed E-state index contributed by atoms with van der Waals surface area (Å²) >= 11 is 0. The van der Waals surface area contributed by atoms with Crippen molar-refractivity contribution >= 4 is 17.2 Å². The summed E-state index contributed by atoms with van der Waals surface area (Å²) in [7, 11) is 2.04. The molecule has 110 valence electrons. The number of rotatable bonds is 7. The second-order valence-electron chi connectivity index (χ2n) is 4.69. The van der Waals surface area contributed by atoms with Crippen molar-refractivity contribution in [1.82, 2.24) is 4.98 Å². The quantitative estimate of drug-likeness (QED) is 0.481. The van der Waals surface area contributed by atoms with Crippen molar-refractivity contribution in [3.05, 3.63) is 58.8 Å². The van der Waals surface area contributed by atoms with Crippen molar-refractivity contribution in [2.24, 2.45) is 0 Å². The minimum atomic E-state index is -0.421. The first-order chi connectivity index (χ1) is 10.2. The van der Waals surface area contributed by atoms with Gasteiger partial charge in [0.2, 0.25) is 0 Å². The molecule has 21 heavy (non-hydrogen) atoms. The van der Waals surface area contributed by atoms with E-state index in [9.17, 15) is 10.1 Å². The Bertz CT molecular complexity index is 589. The van der Waals surface area contributed by atoms with Crippen LogP contribution in [0.5, 0.6) is 0 Å². The minimum absolute atomic E-state index is 0.0499. The van der Waals surface area contributed by atoms with Gasteiger partial charge in [0.15, 0.2) is 0 Å². The predicted molar refractivity (Wildman–Crippen MR) is 83.7 cm³/mol. The molecule has 0 amide bonds. The summed E-state index contributed by atoms with van der Waals surface area (Å²) in [5.74, 6) is 0.534. The number of pyridine rings is 1. The standard InChI is InChI=1S/C15H18N4O2/c1-18(13-6-3-2-4-7-13)11-5-9-16-15-12-14(19(20)21)8-10-17-15/h2-4,6-8,10,12H,5,9,11H2,1H3,(H,16,17). The summed E-state index contributed by atoms with van der Waals surface area (Å²) in [5.41, 5.74) is 1.22. The monoisotopic (exact) mass is 286 g/mol. The van der Waals surface area contributed by atoms with E-state index in [0.717, 1.165) is 13.0 Å². The predicted octanol–water partition coefficient (Wildman–Crippen LogP) is 2.93. The van der Waals surface area contributed by atoms with E-state index in [4.69, 9.17) is 0 Å². The summed E-state index contributed by atoms with van der Waals surface area (Å²) < 4.78 is 0. The maximum atomic E-state index is 10.7. The molecule has 0 fully saturated rings. The second-order valence-corrected chi connectivity index (χ2v) is 4.69. The normalized spacial score (nSPS) is 10.1. The first kappa shape index (κ1) is 14.8. The fourth-order valence-corrected chi connectivity index (χ4v) is 1.97. The van der Waals surface area contributed by atoms with Crippen molar-refractivity contribution in [2.45, 2.75) is 6.42 Å². The highest BCUT2D eigenvalue weighted by atomic mass is 16.6. The molecule has 0 saturated carbocycles. The van der Waals surface area contributed by atoms with Gasteiger partial charge in [-0.05, 0) is 18.6 Å². The number of hydrogen-bond acceptors (Lipinski definition) is 5. The van der Waals surface area contributed by atoms with Crippen LogP contribution in [0.4, 0.5) is 17.2 Å². The van der Waals surface area contributed by atoms with E-state index in [-0.39, 0.29) is 5.69 Å². The number of benzene rings is 1. The van der Waals surface area contributed by atoms with Crippen LogP contribution in [0.15, 0.2) is 48.7 Å². The van der Waals surface area contributed by atoms with Gasteiger partial charge in [-0.3, -0.25) is 10.1 Å². The number of nitrogens with zero attached hydrogens (tertiary/aromatic N) is 3. The molecule has 2 rings (SSSR count). The number of aromatic nitrogens is 1. The van der Waals surface area contributed by atoms with E-state index >= 15 is 0 Å². The fourth-order valence-electron chi connectivity index (χ4n) is 1.97. The molecule has 1 aromatic heterocycles. The zero-order valence-corrected chi connectivity index (χ0v) is 11.9. The molecule has 0 aliphatic carbocycles. The Morgan fingerprint density at radius 3 is 2.76 bits per heavy atom. The highest BCUT2D eigenvalue weighted by molar-refractivity contribution is 5.45. The first-order valence-corrected chi connectivity index (χ1v) is 6.77. The zero-order chi connectivity index (χ0) is 15.1. The van der Waals surface area contributed by atoms with Crippen molar-refractivity contribution < 1.29 is 4.92 Å². The molecule has 0 aliphatic rings. The maximum Gasteiger partial charge on any atom is 0.274 e. The largest absolute Gasteiger partial charge is 0.375 e. The summed E-state index contributed by atoms with van der Waals surface area (Å²) in [5, 5.41) is 13.8. The van der Waals surface area contributed by atoms with Gasteiger partial charge in [0.05, 0.1) is 11.0 Å². The van der Waals surface area contributed by atoms with Gasteiger partial charge in [-0.15, -0.1) is 0 Å². The summed E-state index contributed by atoms with van der Waals surface area (Å²) in [6, 6.07) is 13.0. The van der Waals surface area contributed by atoms with E-state index in [0.29, 0.717) is 12.4 Å². The Morgan fingerprint density at radius 2 is 2.05 bits per heavy atom. The molecule has 1 heterocycles. The lowest BCUT2D eigenvalue weighted by Crippen LogP contribution is -2.20. The molecule has 0 atom stereocenters. The van der Waals surface area contributed by atoms with Gasteiger partial charge in [0.25, 0.3) is 5.69 Å². The van der Waals surface area contributed by atoms with Gasteiger partial charge in [-0.1, -0.05) is 18.2 Å². The topological polar surface area (TPSA) is 71.3 Å². The fraction of sp³-hybridized carbons (Fsp3) is 0.267. The van der Waals surface area contributed by atoms with Gasteiger partial charge in [0.1, 0.15) is 5.82 Å². The second kappa shape index (κ2) is 7.23. The smallest absolute Gasteiger partial charge is 0.274 e. The molecule has 6 heteroatoms. The number of nitro groups is 1. The molecular weight excluding hydrogens is 268 g/mol. The van der Waals surface area contributed by atoms with Crippen LogP contribution in [0.1, 0.15) is 6.42 Å². The van der Waals surface area contributed by atoms with Crippen molar-refractivity contribution in [2.75, 3.05) is 30.4 Å². The van der Waals surface area contributed by atoms with E-state index in [1.807, 2.05) is 25.2 Å². The Morgan fingerprint density at radius 1 is 1.29 bits per heavy atom. The SMILES string of the molecule is CN(CCCNc1cc([N+](=O)[O-])ccn1)c1ccccc1. The minimum Gasteiger partial charge on any atom is -0.375 e. The lowest BCUT2D eigenvalue weighted by Gasteiger charge is -2.19. The highest BCUT2D eigenvalue weighted by Gasteiger charge is 2.06. The third-order valence-electron chi connectivity index (χ3n) is 3.13. The molecule has 0 bridgehead atoms. The number of hydrogen-bond donors (Lipinski definition) is 1. The molecule has 6 nitrogen and oxygen atoms in total. The lowest BCUT2D eigenvalue weighted by atomic mass is 10.3. The van der Waals surface area contributed by atoms with Gasteiger partial charge in [-0.25, -0.2) is 4.98 Å². The third kappa shape index (κ3) is 4.45. The molecule has 1 N–H and O–H groups in total. The molecule has 0 radical (unpaired) electrons. The van der Waals surface area contributed by atoms with Crippen molar-refractivity contribution in [3.63, 3.8) is 0 Å². The van der Waals surface area contributed by atoms with Crippen molar-refractivity contribution in [3.8, 4) is 0 Å². The van der Waals surface area contributed by atoms with Crippen LogP contribution < -0.4 is 10.2 Å². The first-order valence-electron chi connectivity index (χ1n) is 6.77.